The molecular formula is C36H47N3O4S. The first-order chi connectivity index (χ1) is 21.0. The lowest BCUT2D eigenvalue weighted by molar-refractivity contribution is -0.140. The standard InChI is InChI=1S/C36H47N3O4S/c1-6-34(36(41)37-31-13-8-7-9-14-31)38(24-29-12-10-11-28(5)23-29)35(40)25-39(32-19-17-30(18-20-32)26(2)3)44(42,43)33-21-15-27(4)16-22-33/h10-12,15-23,26,31,34H,6-9,13-14,24-25H2,1-5H3,(H,37,41)/t34-/m0/s1. The number of benzene rings is 3. The fourth-order valence-corrected chi connectivity index (χ4v) is 7.28. The van der Waals surface area contributed by atoms with Gasteiger partial charge in [0.05, 0.1) is 10.6 Å². The molecule has 0 saturated heterocycles. The normalized spacial score (nSPS) is 14.7. The maximum atomic E-state index is 14.4. The summed E-state index contributed by atoms with van der Waals surface area (Å²) in [6.07, 6.45) is 5.60. The maximum Gasteiger partial charge on any atom is 0.264 e. The van der Waals surface area contributed by atoms with Crippen molar-refractivity contribution in [1.29, 1.82) is 0 Å². The molecule has 1 aliphatic rings. The Morgan fingerprint density at radius 3 is 2.14 bits per heavy atom. The van der Waals surface area contributed by atoms with Crippen LogP contribution < -0.4 is 9.62 Å². The van der Waals surface area contributed by atoms with Crippen LogP contribution in [-0.4, -0.2) is 43.8 Å². The maximum absolute atomic E-state index is 14.4. The van der Waals surface area contributed by atoms with Crippen LogP contribution in [0.4, 0.5) is 5.69 Å². The number of hydrogen-bond acceptors (Lipinski definition) is 4. The van der Waals surface area contributed by atoms with Crippen molar-refractivity contribution in [3.8, 4) is 0 Å². The highest BCUT2D eigenvalue weighted by Gasteiger charge is 2.34. The van der Waals surface area contributed by atoms with Gasteiger partial charge in [0.25, 0.3) is 10.0 Å². The number of carbonyl (C=O) groups is 2. The molecule has 0 bridgehead atoms. The van der Waals surface area contributed by atoms with Gasteiger partial charge in [0.2, 0.25) is 11.8 Å². The first-order valence-corrected chi connectivity index (χ1v) is 17.3. The van der Waals surface area contributed by atoms with Gasteiger partial charge in [-0.1, -0.05) is 99.7 Å². The average molecular weight is 618 g/mol. The van der Waals surface area contributed by atoms with E-state index in [9.17, 15) is 18.0 Å². The molecule has 2 amide bonds. The van der Waals surface area contributed by atoms with Crippen LogP contribution in [0.1, 0.15) is 87.5 Å². The van der Waals surface area contributed by atoms with Crippen LogP contribution in [0.15, 0.2) is 77.7 Å². The highest BCUT2D eigenvalue weighted by Crippen LogP contribution is 2.27. The summed E-state index contributed by atoms with van der Waals surface area (Å²) < 4.78 is 29.5. The predicted octanol–water partition coefficient (Wildman–Crippen LogP) is 6.88. The topological polar surface area (TPSA) is 86.8 Å². The van der Waals surface area contributed by atoms with Crippen LogP contribution >= 0.6 is 0 Å². The van der Waals surface area contributed by atoms with Gasteiger partial charge in [-0.2, -0.15) is 0 Å². The zero-order valence-corrected chi connectivity index (χ0v) is 27.6. The van der Waals surface area contributed by atoms with E-state index in [0.717, 1.165) is 47.9 Å². The third-order valence-electron chi connectivity index (χ3n) is 8.51. The van der Waals surface area contributed by atoms with E-state index in [2.05, 4.69) is 19.2 Å². The van der Waals surface area contributed by atoms with Crippen LogP contribution in [0.2, 0.25) is 0 Å². The van der Waals surface area contributed by atoms with Crippen molar-refractivity contribution in [2.75, 3.05) is 10.8 Å². The number of nitrogens with one attached hydrogen (secondary N) is 1. The Morgan fingerprint density at radius 2 is 1.55 bits per heavy atom. The van der Waals surface area contributed by atoms with Crippen LogP contribution in [0.5, 0.6) is 0 Å². The molecule has 1 aliphatic carbocycles. The number of rotatable bonds is 12. The van der Waals surface area contributed by atoms with Gasteiger partial charge < -0.3 is 10.2 Å². The molecule has 3 aromatic rings. The summed E-state index contributed by atoms with van der Waals surface area (Å²) in [5, 5.41) is 3.20. The van der Waals surface area contributed by atoms with Gasteiger partial charge in [0.1, 0.15) is 12.6 Å². The number of sulfonamides is 1. The smallest absolute Gasteiger partial charge is 0.264 e. The molecule has 44 heavy (non-hydrogen) atoms. The summed E-state index contributed by atoms with van der Waals surface area (Å²) in [6.45, 7) is 9.69. The van der Waals surface area contributed by atoms with E-state index in [0.29, 0.717) is 12.1 Å². The zero-order chi connectivity index (χ0) is 31.9. The minimum absolute atomic E-state index is 0.0964. The Hall–Kier alpha value is -3.65. The minimum atomic E-state index is -4.10. The minimum Gasteiger partial charge on any atom is -0.352 e. The molecule has 1 saturated carbocycles. The molecule has 0 aliphatic heterocycles. The Balaban J connectivity index is 1.72. The zero-order valence-electron chi connectivity index (χ0n) is 26.8. The van der Waals surface area contributed by atoms with Gasteiger partial charge in [-0.3, -0.25) is 13.9 Å². The lowest BCUT2D eigenvalue weighted by Gasteiger charge is -2.34. The van der Waals surface area contributed by atoms with E-state index in [-0.39, 0.29) is 29.3 Å². The molecule has 0 spiro atoms. The molecule has 0 radical (unpaired) electrons. The number of anilines is 1. The van der Waals surface area contributed by atoms with Crippen molar-refractivity contribution in [2.24, 2.45) is 0 Å². The molecular weight excluding hydrogens is 570 g/mol. The molecule has 0 unspecified atom stereocenters. The van der Waals surface area contributed by atoms with Gasteiger partial charge in [0, 0.05) is 12.6 Å². The van der Waals surface area contributed by atoms with Crippen molar-refractivity contribution in [2.45, 2.75) is 103 Å². The SMILES string of the molecule is CC[C@@H](C(=O)NC1CCCCC1)N(Cc1cccc(C)c1)C(=O)CN(c1ccc(C(C)C)cc1)S(=O)(=O)c1ccc(C)cc1. The van der Waals surface area contributed by atoms with Gasteiger partial charge in [-0.05, 0) is 74.4 Å². The quantitative estimate of drug-likeness (QED) is 0.240. The molecule has 8 heteroatoms. The second kappa shape index (κ2) is 14.9. The monoisotopic (exact) mass is 617 g/mol. The Kier molecular flexibility index (Phi) is 11.2. The van der Waals surface area contributed by atoms with Crippen LogP contribution in [0, 0.1) is 13.8 Å². The highest BCUT2D eigenvalue weighted by molar-refractivity contribution is 7.92. The molecule has 236 valence electrons. The van der Waals surface area contributed by atoms with E-state index in [4.69, 9.17) is 0 Å². The van der Waals surface area contributed by atoms with Gasteiger partial charge >= 0.3 is 0 Å². The number of aryl methyl sites for hydroxylation is 2. The third-order valence-corrected chi connectivity index (χ3v) is 10.3. The van der Waals surface area contributed by atoms with Crippen molar-refractivity contribution in [3.63, 3.8) is 0 Å². The Bertz CT molecular complexity index is 1510. The van der Waals surface area contributed by atoms with Crippen molar-refractivity contribution >= 4 is 27.5 Å². The number of nitrogens with zero attached hydrogens (tertiary/aromatic N) is 2. The Morgan fingerprint density at radius 1 is 0.886 bits per heavy atom. The molecule has 1 fully saturated rings. The van der Waals surface area contributed by atoms with Crippen molar-refractivity contribution in [3.05, 3.63) is 95.1 Å². The molecule has 7 nitrogen and oxygen atoms in total. The number of amides is 2. The van der Waals surface area contributed by atoms with Crippen LogP contribution in [0.25, 0.3) is 0 Å². The third kappa shape index (κ3) is 8.29. The lowest BCUT2D eigenvalue weighted by atomic mass is 9.95. The average Bonchev–Trinajstić information content (AvgIpc) is 3.00. The summed E-state index contributed by atoms with van der Waals surface area (Å²) in [4.78, 5) is 29.7. The molecule has 4 rings (SSSR count). The van der Waals surface area contributed by atoms with Gasteiger partial charge in [0.15, 0.2) is 0 Å². The molecule has 0 aromatic heterocycles. The summed E-state index contributed by atoms with van der Waals surface area (Å²) in [7, 11) is -4.10. The molecule has 1 atom stereocenters. The first-order valence-electron chi connectivity index (χ1n) is 15.8. The van der Waals surface area contributed by atoms with E-state index >= 15 is 0 Å². The van der Waals surface area contributed by atoms with E-state index in [1.165, 1.54) is 10.7 Å². The number of carbonyl (C=O) groups excluding carboxylic acids is 2. The largest absolute Gasteiger partial charge is 0.352 e. The summed E-state index contributed by atoms with van der Waals surface area (Å²) in [5.41, 5.74) is 4.34. The molecule has 0 heterocycles. The van der Waals surface area contributed by atoms with E-state index < -0.39 is 28.5 Å². The van der Waals surface area contributed by atoms with E-state index in [1.807, 2.05) is 57.2 Å². The highest BCUT2D eigenvalue weighted by atomic mass is 32.2. The second-order valence-corrected chi connectivity index (χ2v) is 14.2. The summed E-state index contributed by atoms with van der Waals surface area (Å²) in [6, 6.07) is 21.2. The number of hydrogen-bond donors (Lipinski definition) is 1. The van der Waals surface area contributed by atoms with Crippen molar-refractivity contribution < 1.29 is 18.0 Å². The molecule has 3 aromatic carbocycles. The van der Waals surface area contributed by atoms with Gasteiger partial charge in [-0.15, -0.1) is 0 Å². The summed E-state index contributed by atoms with van der Waals surface area (Å²) in [5.74, 6) is -0.346. The first kappa shape index (κ1) is 33.2. The fourth-order valence-electron chi connectivity index (χ4n) is 5.86. The fraction of sp³-hybridized carbons (Fsp3) is 0.444. The second-order valence-electron chi connectivity index (χ2n) is 12.3. The lowest BCUT2D eigenvalue weighted by Crippen LogP contribution is -2.54. The van der Waals surface area contributed by atoms with Crippen LogP contribution in [-0.2, 0) is 26.2 Å². The molecule has 1 N–H and O–H groups in total. The Labute approximate surface area is 263 Å². The predicted molar refractivity (Wildman–Crippen MR) is 177 cm³/mol. The summed E-state index contributed by atoms with van der Waals surface area (Å²) >= 11 is 0. The van der Waals surface area contributed by atoms with Crippen molar-refractivity contribution in [1.82, 2.24) is 10.2 Å². The van der Waals surface area contributed by atoms with Crippen LogP contribution in [0.3, 0.4) is 0 Å². The van der Waals surface area contributed by atoms with Gasteiger partial charge in [-0.25, -0.2) is 8.42 Å². The van der Waals surface area contributed by atoms with E-state index in [1.54, 1.807) is 41.3 Å².